The Morgan fingerprint density at radius 3 is 2.88 bits per heavy atom. The molecule has 2 aromatic heterocycles. The molecule has 3 heterocycles. The van der Waals surface area contributed by atoms with Gasteiger partial charge in [0, 0.05) is 43.9 Å². The van der Waals surface area contributed by atoms with Crippen molar-refractivity contribution in [3.8, 4) is 22.9 Å². The Bertz CT molecular complexity index is 1200. The summed E-state index contributed by atoms with van der Waals surface area (Å²) in [6.45, 7) is 11.7. The van der Waals surface area contributed by atoms with E-state index in [0.29, 0.717) is 36.7 Å². The monoisotopic (exact) mass is 442 g/mol. The lowest BCUT2D eigenvalue weighted by Gasteiger charge is -2.21. The second kappa shape index (κ2) is 9.00. The highest BCUT2D eigenvalue weighted by molar-refractivity contribution is 5.88. The predicted molar refractivity (Wildman–Crippen MR) is 127 cm³/mol. The summed E-state index contributed by atoms with van der Waals surface area (Å²) in [7, 11) is 1.94. The van der Waals surface area contributed by atoms with Gasteiger partial charge in [0.05, 0.1) is 24.6 Å². The van der Waals surface area contributed by atoms with E-state index in [1.54, 1.807) is 12.4 Å². The number of hydrogen-bond donors (Lipinski definition) is 2. The number of rotatable bonds is 7. The third kappa shape index (κ3) is 4.17. The highest BCUT2D eigenvalue weighted by atomic mass is 16.5. The van der Waals surface area contributed by atoms with Gasteiger partial charge in [-0.3, -0.25) is 0 Å². The summed E-state index contributed by atoms with van der Waals surface area (Å²) < 4.78 is 5.98. The van der Waals surface area contributed by atoms with E-state index in [2.05, 4.69) is 48.5 Å². The van der Waals surface area contributed by atoms with Gasteiger partial charge in [0.25, 0.3) is 0 Å². The minimum atomic E-state index is 0.305. The first-order valence-electron chi connectivity index (χ1n) is 11.1. The molecule has 2 N–H and O–H groups in total. The van der Waals surface area contributed by atoms with Gasteiger partial charge in [-0.05, 0) is 30.5 Å². The summed E-state index contributed by atoms with van der Waals surface area (Å²) in [5.74, 6) is 2.09. The molecule has 0 amide bonds. The Kier molecular flexibility index (Phi) is 5.75. The van der Waals surface area contributed by atoms with Crippen molar-refractivity contribution in [2.75, 3.05) is 43.4 Å². The van der Waals surface area contributed by atoms with E-state index in [1.807, 2.05) is 14.0 Å². The van der Waals surface area contributed by atoms with Crippen molar-refractivity contribution < 1.29 is 4.74 Å². The number of fused-ring (bicyclic) bond motifs is 3. The number of ether oxygens (including phenoxy) is 1. The zero-order valence-corrected chi connectivity index (χ0v) is 18.8. The normalized spacial score (nSPS) is 16.3. The SMILES string of the molecule is [C-]#[N+]CCN[C@@H]1CCN(c2nc(Oc3cnc(C)nc3)nc3c2-c2cccc(NC)c2C3)C1. The van der Waals surface area contributed by atoms with Crippen molar-refractivity contribution in [1.82, 2.24) is 25.3 Å². The Balaban J connectivity index is 1.51. The number of nitrogens with zero attached hydrogens (tertiary/aromatic N) is 6. The predicted octanol–water partition coefficient (Wildman–Crippen LogP) is 3.07. The van der Waals surface area contributed by atoms with E-state index in [9.17, 15) is 0 Å². The molecular formula is C24H26N8O. The average Bonchev–Trinajstić information content (AvgIpc) is 3.45. The van der Waals surface area contributed by atoms with E-state index >= 15 is 0 Å². The molecule has 1 aliphatic heterocycles. The van der Waals surface area contributed by atoms with Crippen LogP contribution in [0, 0.1) is 13.5 Å². The Labute approximate surface area is 193 Å². The zero-order valence-electron chi connectivity index (χ0n) is 18.8. The molecule has 3 aromatic rings. The fraction of sp³-hybridized carbons (Fsp3) is 0.375. The van der Waals surface area contributed by atoms with Gasteiger partial charge in [0.2, 0.25) is 6.54 Å². The van der Waals surface area contributed by atoms with Crippen LogP contribution in [0.2, 0.25) is 0 Å². The fourth-order valence-corrected chi connectivity index (χ4v) is 4.55. The summed E-state index contributed by atoms with van der Waals surface area (Å²) in [5, 5.41) is 6.79. The van der Waals surface area contributed by atoms with E-state index in [-0.39, 0.29) is 0 Å². The summed E-state index contributed by atoms with van der Waals surface area (Å²) in [6.07, 6.45) is 5.00. The first-order chi connectivity index (χ1) is 16.2. The Morgan fingerprint density at radius 2 is 2.09 bits per heavy atom. The molecule has 1 aromatic carbocycles. The highest BCUT2D eigenvalue weighted by Crippen LogP contribution is 2.45. The second-order valence-electron chi connectivity index (χ2n) is 8.25. The first kappa shape index (κ1) is 21.1. The third-order valence-electron chi connectivity index (χ3n) is 6.11. The van der Waals surface area contributed by atoms with Gasteiger partial charge in [0.15, 0.2) is 5.75 Å². The maximum absolute atomic E-state index is 6.99. The topological polar surface area (TPSA) is 92.5 Å². The van der Waals surface area contributed by atoms with E-state index < -0.39 is 0 Å². The van der Waals surface area contributed by atoms with Gasteiger partial charge in [-0.15, -0.1) is 0 Å². The number of aromatic nitrogens is 4. The van der Waals surface area contributed by atoms with Gasteiger partial charge < -0.3 is 25.1 Å². The molecular weight excluding hydrogens is 416 g/mol. The number of nitrogens with one attached hydrogen (secondary N) is 2. The molecule has 0 radical (unpaired) electrons. The molecule has 0 saturated carbocycles. The van der Waals surface area contributed by atoms with Crippen LogP contribution >= 0.6 is 0 Å². The summed E-state index contributed by atoms with van der Waals surface area (Å²) >= 11 is 0. The number of benzene rings is 1. The van der Waals surface area contributed by atoms with Crippen LogP contribution in [0.3, 0.4) is 0 Å². The van der Waals surface area contributed by atoms with Gasteiger partial charge in [0.1, 0.15) is 11.6 Å². The molecule has 0 bridgehead atoms. The van der Waals surface area contributed by atoms with Crippen molar-refractivity contribution in [2.45, 2.75) is 25.8 Å². The lowest BCUT2D eigenvalue weighted by Crippen LogP contribution is -2.34. The van der Waals surface area contributed by atoms with Crippen LogP contribution in [0.5, 0.6) is 11.8 Å². The molecule has 0 spiro atoms. The third-order valence-corrected chi connectivity index (χ3v) is 6.11. The average molecular weight is 443 g/mol. The highest BCUT2D eigenvalue weighted by Gasteiger charge is 2.32. The van der Waals surface area contributed by atoms with Crippen molar-refractivity contribution in [3.63, 3.8) is 0 Å². The summed E-state index contributed by atoms with van der Waals surface area (Å²) in [5.41, 5.74) is 5.54. The largest absolute Gasteiger partial charge is 0.421 e. The van der Waals surface area contributed by atoms with Crippen molar-refractivity contribution >= 4 is 11.5 Å². The Morgan fingerprint density at radius 1 is 1.24 bits per heavy atom. The molecule has 33 heavy (non-hydrogen) atoms. The van der Waals surface area contributed by atoms with Crippen LogP contribution in [0.15, 0.2) is 30.6 Å². The van der Waals surface area contributed by atoms with Gasteiger partial charge in [-0.2, -0.15) is 9.97 Å². The first-order valence-corrected chi connectivity index (χ1v) is 11.1. The van der Waals surface area contributed by atoms with Crippen molar-refractivity contribution in [2.24, 2.45) is 0 Å². The van der Waals surface area contributed by atoms with E-state index in [0.717, 1.165) is 48.7 Å². The fourth-order valence-electron chi connectivity index (χ4n) is 4.55. The van der Waals surface area contributed by atoms with E-state index in [1.165, 1.54) is 11.1 Å². The molecule has 9 nitrogen and oxygen atoms in total. The molecule has 0 unspecified atom stereocenters. The van der Waals surface area contributed by atoms with Crippen LogP contribution in [-0.4, -0.2) is 59.2 Å². The molecule has 2 aliphatic rings. The molecule has 1 aliphatic carbocycles. The van der Waals surface area contributed by atoms with Crippen molar-refractivity contribution in [3.05, 3.63) is 59.1 Å². The lowest BCUT2D eigenvalue weighted by molar-refractivity contribution is 0.435. The Hall–Kier alpha value is -3.77. The van der Waals surface area contributed by atoms with Crippen LogP contribution < -0.4 is 20.3 Å². The van der Waals surface area contributed by atoms with Crippen LogP contribution in [0.4, 0.5) is 11.5 Å². The van der Waals surface area contributed by atoms with Crippen LogP contribution in [0.25, 0.3) is 16.0 Å². The second-order valence-corrected chi connectivity index (χ2v) is 8.25. The maximum Gasteiger partial charge on any atom is 0.324 e. The zero-order chi connectivity index (χ0) is 22.8. The van der Waals surface area contributed by atoms with Gasteiger partial charge in [-0.25, -0.2) is 16.5 Å². The quantitative estimate of drug-likeness (QED) is 0.333. The van der Waals surface area contributed by atoms with E-state index in [4.69, 9.17) is 21.3 Å². The number of hydrogen-bond acceptors (Lipinski definition) is 8. The summed E-state index contributed by atoms with van der Waals surface area (Å²) in [6, 6.07) is 6.93. The molecule has 1 fully saturated rings. The minimum absolute atomic E-state index is 0.305. The maximum atomic E-state index is 6.99. The molecule has 5 rings (SSSR count). The lowest BCUT2D eigenvalue weighted by atomic mass is 10.1. The van der Waals surface area contributed by atoms with Gasteiger partial charge >= 0.3 is 6.01 Å². The van der Waals surface area contributed by atoms with Crippen LogP contribution in [0.1, 0.15) is 23.5 Å². The van der Waals surface area contributed by atoms with Crippen molar-refractivity contribution in [1.29, 1.82) is 0 Å². The minimum Gasteiger partial charge on any atom is -0.421 e. The number of anilines is 2. The molecule has 168 valence electrons. The smallest absolute Gasteiger partial charge is 0.324 e. The van der Waals surface area contributed by atoms with Crippen LogP contribution in [-0.2, 0) is 6.42 Å². The standard InChI is InChI=1S/C24H26N8O/c1-15-28-12-17(13-29-15)33-24-30-21-11-19-18(5-4-6-20(19)26-3)22(21)23(31-24)32-10-7-16(14-32)27-9-8-25-2/h4-6,12-13,16,26-27H,7-11,14H2,1,3H3/t16-/m1/s1. The molecule has 9 heteroatoms. The summed E-state index contributed by atoms with van der Waals surface area (Å²) in [4.78, 5) is 23.8. The number of aryl methyl sites for hydroxylation is 1. The molecule has 1 atom stereocenters. The molecule has 1 saturated heterocycles. The van der Waals surface area contributed by atoms with Gasteiger partial charge in [-0.1, -0.05) is 12.1 Å².